The van der Waals surface area contributed by atoms with Crippen LogP contribution in [0.1, 0.15) is 22.4 Å². The number of hydrogen-bond donors (Lipinski definition) is 2. The van der Waals surface area contributed by atoms with Crippen molar-refractivity contribution in [1.82, 2.24) is 9.97 Å². The van der Waals surface area contributed by atoms with Crippen LogP contribution in [-0.2, 0) is 6.18 Å². The molecule has 0 aliphatic carbocycles. The van der Waals surface area contributed by atoms with E-state index in [1.54, 1.807) is 18.2 Å². The number of nitrogens with one attached hydrogen (secondary N) is 1. The smallest absolute Gasteiger partial charge is 0.370 e. The summed E-state index contributed by atoms with van der Waals surface area (Å²) in [4.78, 5) is 11.0. The summed E-state index contributed by atoms with van der Waals surface area (Å²) in [5, 5.41) is 22.1. The summed E-state index contributed by atoms with van der Waals surface area (Å²) >= 11 is 0. The SMILES string of the molecule is Cc1cc(-c2cc3c(nc2-c2ccc(C(F)(F)F)c(C#N)c2)NC(O)C=C3)cc(N(C)C)n1. The second-order valence-corrected chi connectivity index (χ2v) is 7.89. The van der Waals surface area contributed by atoms with E-state index < -0.39 is 23.5 Å². The van der Waals surface area contributed by atoms with Gasteiger partial charge in [0.2, 0.25) is 0 Å². The Morgan fingerprint density at radius 1 is 1.09 bits per heavy atom. The van der Waals surface area contributed by atoms with Gasteiger partial charge in [-0.2, -0.15) is 18.4 Å². The molecule has 6 nitrogen and oxygen atoms in total. The summed E-state index contributed by atoms with van der Waals surface area (Å²) < 4.78 is 40.0. The molecule has 3 heterocycles. The Kier molecular flexibility index (Phi) is 5.56. The van der Waals surface area contributed by atoms with Crippen molar-refractivity contribution in [3.05, 3.63) is 64.9 Å². The molecule has 33 heavy (non-hydrogen) atoms. The van der Waals surface area contributed by atoms with E-state index in [9.17, 15) is 23.5 Å². The summed E-state index contributed by atoms with van der Waals surface area (Å²) in [7, 11) is 3.72. The predicted molar refractivity (Wildman–Crippen MR) is 120 cm³/mol. The molecule has 0 saturated heterocycles. The summed E-state index contributed by atoms with van der Waals surface area (Å²) in [6.07, 6.45) is -2.28. The maximum Gasteiger partial charge on any atom is 0.417 e. The van der Waals surface area contributed by atoms with Crippen molar-refractivity contribution >= 4 is 17.7 Å². The first-order chi connectivity index (χ1) is 15.6. The summed E-state index contributed by atoms with van der Waals surface area (Å²) in [5.41, 5.74) is 2.15. The zero-order valence-corrected chi connectivity index (χ0v) is 18.1. The van der Waals surface area contributed by atoms with Crippen LogP contribution in [0.2, 0.25) is 0 Å². The lowest BCUT2D eigenvalue weighted by Gasteiger charge is -2.21. The Hall–Kier alpha value is -3.90. The number of nitrogens with zero attached hydrogens (tertiary/aromatic N) is 4. The van der Waals surface area contributed by atoms with Gasteiger partial charge in [0.15, 0.2) is 0 Å². The molecule has 3 aromatic rings. The first kappa shape index (κ1) is 22.3. The van der Waals surface area contributed by atoms with Gasteiger partial charge < -0.3 is 15.3 Å². The van der Waals surface area contributed by atoms with E-state index in [0.717, 1.165) is 17.3 Å². The van der Waals surface area contributed by atoms with Crippen LogP contribution in [0.5, 0.6) is 0 Å². The number of aromatic nitrogens is 2. The van der Waals surface area contributed by atoms with Crippen molar-refractivity contribution in [2.24, 2.45) is 0 Å². The Bertz CT molecular complexity index is 1310. The summed E-state index contributed by atoms with van der Waals surface area (Å²) in [6.45, 7) is 1.85. The molecule has 0 radical (unpaired) electrons. The van der Waals surface area contributed by atoms with Crippen molar-refractivity contribution in [3.63, 3.8) is 0 Å². The predicted octanol–water partition coefficient (Wildman–Crippen LogP) is 4.83. The van der Waals surface area contributed by atoms with E-state index in [4.69, 9.17) is 0 Å². The monoisotopic (exact) mass is 451 g/mol. The molecular weight excluding hydrogens is 431 g/mol. The average Bonchev–Trinajstić information content (AvgIpc) is 2.76. The number of aryl methyl sites for hydroxylation is 1. The number of rotatable bonds is 3. The lowest BCUT2D eigenvalue weighted by Crippen LogP contribution is -2.20. The number of hydrogen-bond acceptors (Lipinski definition) is 6. The minimum atomic E-state index is -4.64. The van der Waals surface area contributed by atoms with Gasteiger partial charge in [-0.05, 0) is 48.9 Å². The molecule has 0 fully saturated rings. The molecule has 1 unspecified atom stereocenters. The normalized spacial score (nSPS) is 14.9. The first-order valence-corrected chi connectivity index (χ1v) is 10.0. The molecule has 1 aromatic carbocycles. The lowest BCUT2D eigenvalue weighted by molar-refractivity contribution is -0.137. The third kappa shape index (κ3) is 4.38. The van der Waals surface area contributed by atoms with Gasteiger partial charge >= 0.3 is 6.18 Å². The third-order valence-corrected chi connectivity index (χ3v) is 5.22. The minimum absolute atomic E-state index is 0.351. The Morgan fingerprint density at radius 3 is 2.52 bits per heavy atom. The van der Waals surface area contributed by atoms with E-state index in [1.807, 2.05) is 44.1 Å². The van der Waals surface area contributed by atoms with E-state index in [0.29, 0.717) is 34.0 Å². The van der Waals surface area contributed by atoms with Crippen molar-refractivity contribution in [2.45, 2.75) is 19.3 Å². The topological polar surface area (TPSA) is 85.1 Å². The van der Waals surface area contributed by atoms with Crippen LogP contribution < -0.4 is 10.2 Å². The van der Waals surface area contributed by atoms with E-state index >= 15 is 0 Å². The van der Waals surface area contributed by atoms with Gasteiger partial charge in [0.25, 0.3) is 0 Å². The van der Waals surface area contributed by atoms with Crippen molar-refractivity contribution in [3.8, 4) is 28.5 Å². The second-order valence-electron chi connectivity index (χ2n) is 7.89. The molecule has 1 atom stereocenters. The van der Waals surface area contributed by atoms with Gasteiger partial charge in [-0.1, -0.05) is 12.1 Å². The average molecular weight is 451 g/mol. The van der Waals surface area contributed by atoms with Crippen LogP contribution >= 0.6 is 0 Å². The molecule has 0 saturated carbocycles. The summed E-state index contributed by atoms with van der Waals surface area (Å²) in [5.74, 6) is 1.10. The number of aliphatic hydroxyl groups excluding tert-OH is 1. The number of nitriles is 1. The maximum atomic E-state index is 13.3. The number of benzene rings is 1. The zero-order valence-electron chi connectivity index (χ0n) is 18.1. The standard InChI is InChI=1S/C24H20F3N5O/c1-13-8-16(11-20(29-13)32(2)3)18-10-15-5-7-21(33)30-23(15)31-22(18)14-4-6-19(24(25,26)27)17(9-14)12-28/h4-11,21,33H,1-3H3,(H,30,31). The minimum Gasteiger partial charge on any atom is -0.370 e. The molecule has 0 spiro atoms. The molecule has 2 N–H and O–H groups in total. The van der Waals surface area contributed by atoms with Gasteiger partial charge in [0.1, 0.15) is 17.9 Å². The highest BCUT2D eigenvalue weighted by atomic mass is 19.4. The lowest BCUT2D eigenvalue weighted by atomic mass is 9.94. The fourth-order valence-corrected chi connectivity index (χ4v) is 3.66. The van der Waals surface area contributed by atoms with Gasteiger partial charge in [-0.3, -0.25) is 0 Å². The number of alkyl halides is 3. The van der Waals surface area contributed by atoms with Crippen LogP contribution in [0, 0.1) is 18.3 Å². The van der Waals surface area contributed by atoms with Gasteiger partial charge in [0.05, 0.1) is 22.9 Å². The molecule has 9 heteroatoms. The van der Waals surface area contributed by atoms with Crippen LogP contribution in [0.3, 0.4) is 0 Å². The number of anilines is 2. The van der Waals surface area contributed by atoms with Crippen LogP contribution in [0.25, 0.3) is 28.5 Å². The van der Waals surface area contributed by atoms with Crippen molar-refractivity contribution in [2.75, 3.05) is 24.3 Å². The van der Waals surface area contributed by atoms with Gasteiger partial charge in [-0.25, -0.2) is 9.97 Å². The molecule has 1 aliphatic rings. The molecule has 2 aromatic heterocycles. The second kappa shape index (κ2) is 8.22. The van der Waals surface area contributed by atoms with E-state index in [2.05, 4.69) is 15.3 Å². The Balaban J connectivity index is 1.98. The van der Waals surface area contributed by atoms with Crippen molar-refractivity contribution in [1.29, 1.82) is 5.26 Å². The van der Waals surface area contributed by atoms with E-state index in [1.165, 1.54) is 12.1 Å². The zero-order chi connectivity index (χ0) is 23.9. The Morgan fingerprint density at radius 2 is 1.85 bits per heavy atom. The number of halogens is 3. The molecule has 4 rings (SSSR count). The van der Waals surface area contributed by atoms with Crippen molar-refractivity contribution < 1.29 is 18.3 Å². The molecule has 0 amide bonds. The maximum absolute atomic E-state index is 13.3. The molecule has 1 aliphatic heterocycles. The first-order valence-electron chi connectivity index (χ1n) is 10.0. The fraction of sp³-hybridized carbons (Fsp3) is 0.208. The highest BCUT2D eigenvalue weighted by Gasteiger charge is 2.34. The largest absolute Gasteiger partial charge is 0.417 e. The Labute approximate surface area is 188 Å². The number of fused-ring (bicyclic) bond motifs is 1. The third-order valence-electron chi connectivity index (χ3n) is 5.22. The van der Waals surface area contributed by atoms with Crippen LogP contribution in [0.15, 0.2) is 42.5 Å². The van der Waals surface area contributed by atoms with Crippen LogP contribution in [-0.4, -0.2) is 35.4 Å². The van der Waals surface area contributed by atoms with E-state index in [-0.39, 0.29) is 0 Å². The highest BCUT2D eigenvalue weighted by molar-refractivity contribution is 5.87. The van der Waals surface area contributed by atoms with Gasteiger partial charge in [0, 0.05) is 36.5 Å². The van der Waals surface area contributed by atoms with Gasteiger partial charge in [-0.15, -0.1) is 0 Å². The molecular formula is C24H20F3N5O. The highest BCUT2D eigenvalue weighted by Crippen LogP contribution is 2.39. The summed E-state index contributed by atoms with van der Waals surface area (Å²) in [6, 6.07) is 10.6. The number of aliphatic hydroxyl groups is 1. The quantitative estimate of drug-likeness (QED) is 0.593. The number of pyridine rings is 2. The molecule has 0 bridgehead atoms. The fourth-order valence-electron chi connectivity index (χ4n) is 3.66. The van der Waals surface area contributed by atoms with Crippen LogP contribution in [0.4, 0.5) is 24.8 Å². The molecule has 168 valence electrons.